The zero-order valence-corrected chi connectivity index (χ0v) is 8.74. The summed E-state index contributed by atoms with van der Waals surface area (Å²) in [5, 5.41) is 8.91. The standard InChI is InChI=1S/C2H10O2P4/c1-4-2(3)8(6)7-5/h2-3,7H,5-6H2,1H3. The summed E-state index contributed by atoms with van der Waals surface area (Å²) in [6.07, 6.45) is 0. The summed E-state index contributed by atoms with van der Waals surface area (Å²) in [6.45, 7) is 0. The molecule has 5 unspecified atom stereocenters. The molecule has 0 saturated heterocycles. The largest absolute Gasteiger partial charge is 0.364 e. The molecule has 0 spiro atoms. The first-order valence-electron chi connectivity index (χ1n) is 1.93. The molecule has 0 aliphatic carbocycles. The molecular formula is C2H10O2P4. The van der Waals surface area contributed by atoms with Gasteiger partial charge in [0.1, 0.15) is 0 Å². The quantitative estimate of drug-likeness (QED) is 0.540. The molecule has 0 radical (unpaired) electrons. The Morgan fingerprint density at radius 3 is 2.50 bits per heavy atom. The van der Waals surface area contributed by atoms with Crippen molar-refractivity contribution in [3.05, 3.63) is 0 Å². The minimum absolute atomic E-state index is 0.399. The number of rotatable bonds is 3. The Morgan fingerprint density at radius 2 is 2.38 bits per heavy atom. The maximum absolute atomic E-state index is 8.91. The van der Waals surface area contributed by atoms with E-state index in [2.05, 4.69) is 22.6 Å². The van der Waals surface area contributed by atoms with Gasteiger partial charge in [-0.15, -0.1) is 17.9 Å². The third-order valence-corrected chi connectivity index (χ3v) is 10.6. The van der Waals surface area contributed by atoms with Crippen LogP contribution in [0.3, 0.4) is 0 Å². The third kappa shape index (κ3) is 3.62. The zero-order valence-electron chi connectivity index (χ0n) is 4.53. The summed E-state index contributed by atoms with van der Waals surface area (Å²) in [5.74, 6) is 0. The van der Waals surface area contributed by atoms with Crippen LogP contribution in [0.4, 0.5) is 0 Å². The number of aliphatic hydroxyl groups is 1. The Labute approximate surface area is 56.8 Å². The van der Waals surface area contributed by atoms with Crippen LogP contribution in [0.2, 0.25) is 0 Å². The van der Waals surface area contributed by atoms with Crippen molar-refractivity contribution in [2.45, 2.75) is 6.03 Å². The fraction of sp³-hybridized carbons (Fsp3) is 1.00. The molecule has 0 aliphatic rings. The molecule has 0 amide bonds. The lowest BCUT2D eigenvalue weighted by Crippen LogP contribution is -1.99. The summed E-state index contributed by atoms with van der Waals surface area (Å²) in [4.78, 5) is 0. The molecule has 0 rings (SSSR count). The van der Waals surface area contributed by atoms with E-state index in [1.165, 1.54) is 7.11 Å². The van der Waals surface area contributed by atoms with Gasteiger partial charge in [0.2, 0.25) is 0 Å². The van der Waals surface area contributed by atoms with E-state index in [9.17, 15) is 0 Å². The molecule has 0 heterocycles. The zero-order chi connectivity index (χ0) is 6.57. The van der Waals surface area contributed by atoms with Crippen LogP contribution in [0.15, 0.2) is 0 Å². The highest BCUT2D eigenvalue weighted by Crippen LogP contribution is 2.68. The average molecular weight is 190 g/mol. The Balaban J connectivity index is 3.29. The van der Waals surface area contributed by atoms with Crippen molar-refractivity contribution in [3.63, 3.8) is 0 Å². The number of methoxy groups -OCH3 is 1. The van der Waals surface area contributed by atoms with Gasteiger partial charge in [0.05, 0.1) is 0 Å². The third-order valence-electron chi connectivity index (χ3n) is 0.598. The van der Waals surface area contributed by atoms with Crippen LogP contribution in [0, 0.1) is 0 Å². The van der Waals surface area contributed by atoms with Gasteiger partial charge in [-0.25, -0.2) is 0 Å². The van der Waals surface area contributed by atoms with Crippen LogP contribution in [0.25, 0.3) is 0 Å². The molecule has 6 heteroatoms. The van der Waals surface area contributed by atoms with E-state index in [1.54, 1.807) is 0 Å². The van der Waals surface area contributed by atoms with Crippen LogP contribution >= 0.6 is 33.1 Å². The van der Waals surface area contributed by atoms with Crippen molar-refractivity contribution in [2.75, 3.05) is 7.11 Å². The molecule has 0 saturated carbocycles. The lowest BCUT2D eigenvalue weighted by molar-refractivity contribution is -0.00335. The minimum atomic E-state index is -0.564. The van der Waals surface area contributed by atoms with Crippen molar-refractivity contribution in [1.82, 2.24) is 0 Å². The van der Waals surface area contributed by atoms with Crippen LogP contribution in [-0.4, -0.2) is 18.2 Å². The number of aliphatic hydroxyl groups excluding tert-OH is 1. The first-order valence-corrected chi connectivity index (χ1v) is 8.61. The van der Waals surface area contributed by atoms with E-state index >= 15 is 0 Å². The summed E-state index contributed by atoms with van der Waals surface area (Å²) in [7, 11) is 6.96. The Kier molecular flexibility index (Phi) is 6.54. The Bertz CT molecular complexity index is 52.0. The minimum Gasteiger partial charge on any atom is -0.364 e. The van der Waals surface area contributed by atoms with Crippen molar-refractivity contribution in [2.24, 2.45) is 0 Å². The van der Waals surface area contributed by atoms with Gasteiger partial charge in [-0.1, -0.05) is 7.96 Å². The molecule has 0 aliphatic heterocycles. The summed E-state index contributed by atoms with van der Waals surface area (Å²) >= 11 is 0. The molecule has 0 aromatic rings. The van der Waals surface area contributed by atoms with E-state index < -0.39 is 13.3 Å². The molecule has 8 heavy (non-hydrogen) atoms. The van der Waals surface area contributed by atoms with Gasteiger partial charge < -0.3 is 9.84 Å². The van der Waals surface area contributed by atoms with E-state index in [4.69, 9.17) is 5.11 Å². The Morgan fingerprint density at radius 1 is 1.88 bits per heavy atom. The van der Waals surface area contributed by atoms with Gasteiger partial charge >= 0.3 is 0 Å². The molecule has 0 aromatic carbocycles. The summed E-state index contributed by atoms with van der Waals surface area (Å²) < 4.78 is 4.66. The van der Waals surface area contributed by atoms with Crippen molar-refractivity contribution < 1.29 is 9.84 Å². The van der Waals surface area contributed by atoms with Crippen LogP contribution in [-0.2, 0) is 4.74 Å². The molecule has 0 bridgehead atoms. The maximum Gasteiger partial charge on any atom is 0.180 e. The fourth-order valence-electron chi connectivity index (χ4n) is 0.177. The highest BCUT2D eigenvalue weighted by atomic mass is 32.6. The first-order chi connectivity index (χ1) is 3.72. The first kappa shape index (κ1) is 9.64. The van der Waals surface area contributed by atoms with Gasteiger partial charge in [0.15, 0.2) is 6.03 Å². The highest BCUT2D eigenvalue weighted by Gasteiger charge is 2.08. The van der Waals surface area contributed by atoms with Gasteiger partial charge in [0, 0.05) is 7.11 Å². The van der Waals surface area contributed by atoms with Crippen molar-refractivity contribution >= 4 is 33.1 Å². The summed E-state index contributed by atoms with van der Waals surface area (Å²) in [6, 6.07) is -0.564. The van der Waals surface area contributed by atoms with E-state index in [0.29, 0.717) is 7.96 Å². The molecule has 2 nitrogen and oxygen atoms in total. The van der Waals surface area contributed by atoms with Gasteiger partial charge in [-0.05, 0) is 7.30 Å². The average Bonchev–Trinajstić information content (AvgIpc) is 1.84. The normalized spacial score (nSPS) is 19.5. The molecule has 0 fully saturated rings. The topological polar surface area (TPSA) is 29.5 Å². The van der Waals surface area contributed by atoms with Crippen LogP contribution in [0.1, 0.15) is 0 Å². The lowest BCUT2D eigenvalue weighted by atomic mass is 11.4. The van der Waals surface area contributed by atoms with Crippen LogP contribution in [0.5, 0.6) is 0 Å². The fourth-order valence-corrected chi connectivity index (χ4v) is 2.74. The van der Waals surface area contributed by atoms with Gasteiger partial charge in [-0.3, -0.25) is 0 Å². The SMILES string of the molecule is COC(O)P(P)PP. The molecule has 5 atom stereocenters. The predicted octanol–water partition coefficient (Wildman–Crippen LogP) is 1.56. The van der Waals surface area contributed by atoms with E-state index in [-0.39, 0.29) is 0 Å². The molecular weight excluding hydrogens is 180 g/mol. The number of hydrogen-bond donors (Lipinski definition) is 1. The van der Waals surface area contributed by atoms with Crippen LogP contribution < -0.4 is 0 Å². The maximum atomic E-state index is 8.91. The second-order valence-corrected chi connectivity index (χ2v) is 10.5. The monoisotopic (exact) mass is 190 g/mol. The molecule has 1 N–H and O–H groups in total. The lowest BCUT2D eigenvalue weighted by Gasteiger charge is -2.13. The predicted molar refractivity (Wildman–Crippen MR) is 47.7 cm³/mol. The van der Waals surface area contributed by atoms with Gasteiger partial charge in [-0.2, -0.15) is 0 Å². The van der Waals surface area contributed by atoms with Crippen molar-refractivity contribution in [1.29, 1.82) is 0 Å². The smallest absolute Gasteiger partial charge is 0.180 e. The Hall–Kier alpha value is 1.64. The van der Waals surface area contributed by atoms with E-state index in [1.807, 2.05) is 0 Å². The second-order valence-electron chi connectivity index (χ2n) is 1.10. The second kappa shape index (κ2) is 5.43. The number of ether oxygens (including phenoxy) is 1. The number of hydrogen-bond acceptors (Lipinski definition) is 2. The highest BCUT2D eigenvalue weighted by molar-refractivity contribution is 8.61. The van der Waals surface area contributed by atoms with E-state index in [0.717, 1.165) is 0 Å². The van der Waals surface area contributed by atoms with Gasteiger partial charge in [0.25, 0.3) is 0 Å². The molecule has 50 valence electrons. The summed E-state index contributed by atoms with van der Waals surface area (Å²) in [5.41, 5.74) is 0. The van der Waals surface area contributed by atoms with Crippen molar-refractivity contribution in [3.8, 4) is 0 Å². The molecule has 0 aromatic heterocycles.